The minimum absolute atomic E-state index is 0.0440. The van der Waals surface area contributed by atoms with Crippen LogP contribution in [0.1, 0.15) is 11.1 Å². The smallest absolute Gasteiger partial charge is 0.143 e. The molecule has 5 heteroatoms. The van der Waals surface area contributed by atoms with E-state index in [1.807, 2.05) is 0 Å². The van der Waals surface area contributed by atoms with Gasteiger partial charge in [-0.1, -0.05) is 35.3 Å². The first kappa shape index (κ1) is 13.9. The van der Waals surface area contributed by atoms with E-state index in [9.17, 15) is 5.11 Å². The quantitative estimate of drug-likeness (QED) is 0.843. The van der Waals surface area contributed by atoms with Crippen molar-refractivity contribution in [1.29, 1.82) is 0 Å². The van der Waals surface area contributed by atoms with E-state index < -0.39 is 0 Å². The van der Waals surface area contributed by atoms with E-state index in [2.05, 4.69) is 4.99 Å². The highest BCUT2D eigenvalue weighted by atomic mass is 35.5. The molecule has 19 heavy (non-hydrogen) atoms. The van der Waals surface area contributed by atoms with Gasteiger partial charge in [0, 0.05) is 16.8 Å². The van der Waals surface area contributed by atoms with Crippen molar-refractivity contribution in [2.24, 2.45) is 4.99 Å². The van der Waals surface area contributed by atoms with E-state index >= 15 is 0 Å². The lowest BCUT2D eigenvalue weighted by atomic mass is 10.2. The van der Waals surface area contributed by atoms with Gasteiger partial charge in [-0.2, -0.15) is 0 Å². The molecule has 0 amide bonds. The monoisotopic (exact) mass is 295 g/mol. The Labute approximate surface area is 120 Å². The van der Waals surface area contributed by atoms with Crippen molar-refractivity contribution >= 4 is 35.1 Å². The highest BCUT2D eigenvalue weighted by Gasteiger charge is 2.05. The molecular weight excluding hydrogens is 285 g/mol. The molecule has 0 bridgehead atoms. The second-order valence-corrected chi connectivity index (χ2v) is 4.76. The minimum atomic E-state index is -0.0619. The highest BCUT2D eigenvalue weighted by molar-refractivity contribution is 6.36. The molecule has 0 aliphatic rings. The predicted octanol–water partition coefficient (Wildman–Crippen LogP) is 3.94. The molecule has 2 aromatic rings. The Hall–Kier alpha value is -1.55. The number of halogens is 2. The van der Waals surface area contributed by atoms with Crippen molar-refractivity contribution in [3.63, 3.8) is 0 Å². The maximum absolute atomic E-state index is 9.78. The number of aromatic hydroxyl groups is 1. The second-order valence-electron chi connectivity index (χ2n) is 3.91. The first-order valence-corrected chi connectivity index (χ1v) is 6.27. The number of phenols is 1. The predicted molar refractivity (Wildman–Crippen MR) is 77.7 cm³/mol. The summed E-state index contributed by atoms with van der Waals surface area (Å²) in [5, 5.41) is 19.4. The fraction of sp³-hybridized carbons (Fsp3) is 0.0714. The molecule has 0 fully saturated rings. The van der Waals surface area contributed by atoms with Gasteiger partial charge in [0.05, 0.1) is 17.3 Å². The van der Waals surface area contributed by atoms with Gasteiger partial charge in [-0.05, 0) is 29.8 Å². The molecule has 0 unspecified atom stereocenters. The van der Waals surface area contributed by atoms with Gasteiger partial charge in [0.2, 0.25) is 0 Å². The fourth-order valence-electron chi connectivity index (χ4n) is 1.56. The summed E-state index contributed by atoms with van der Waals surface area (Å²) in [5.74, 6) is -0.0619. The summed E-state index contributed by atoms with van der Waals surface area (Å²) in [6.07, 6.45) is 1.48. The number of aliphatic imine (C=N–C) groups is 1. The van der Waals surface area contributed by atoms with Crippen molar-refractivity contribution in [3.05, 3.63) is 57.6 Å². The molecule has 0 atom stereocenters. The topological polar surface area (TPSA) is 52.8 Å². The van der Waals surface area contributed by atoms with E-state index in [1.165, 1.54) is 12.3 Å². The molecule has 0 radical (unpaired) electrons. The summed E-state index contributed by atoms with van der Waals surface area (Å²) in [4.78, 5) is 4.21. The van der Waals surface area contributed by atoms with Crippen molar-refractivity contribution in [2.45, 2.75) is 6.61 Å². The summed E-state index contributed by atoms with van der Waals surface area (Å²) in [5.41, 5.74) is 1.87. The van der Waals surface area contributed by atoms with Gasteiger partial charge < -0.3 is 10.2 Å². The summed E-state index contributed by atoms with van der Waals surface area (Å²) in [7, 11) is 0. The van der Waals surface area contributed by atoms with Crippen LogP contribution in [0.2, 0.25) is 10.0 Å². The normalized spacial score (nSPS) is 11.1. The largest absolute Gasteiger partial charge is 0.506 e. The van der Waals surface area contributed by atoms with Gasteiger partial charge in [0.15, 0.2) is 0 Å². The van der Waals surface area contributed by atoms with Gasteiger partial charge in [-0.3, -0.25) is 4.99 Å². The third-order valence-electron chi connectivity index (χ3n) is 2.50. The zero-order valence-electron chi connectivity index (χ0n) is 9.85. The molecule has 2 aromatic carbocycles. The van der Waals surface area contributed by atoms with Gasteiger partial charge >= 0.3 is 0 Å². The molecule has 0 heterocycles. The summed E-state index contributed by atoms with van der Waals surface area (Å²) < 4.78 is 0. The van der Waals surface area contributed by atoms with Crippen LogP contribution in [0.25, 0.3) is 0 Å². The van der Waals surface area contributed by atoms with Gasteiger partial charge in [-0.15, -0.1) is 0 Å². The highest BCUT2D eigenvalue weighted by Crippen LogP contribution is 2.30. The van der Waals surface area contributed by atoms with Crippen LogP contribution >= 0.6 is 23.2 Å². The summed E-state index contributed by atoms with van der Waals surface area (Å²) in [6.45, 7) is -0.0440. The minimum Gasteiger partial charge on any atom is -0.506 e. The Morgan fingerprint density at radius 3 is 2.68 bits per heavy atom. The van der Waals surface area contributed by atoms with Crippen LogP contribution in [-0.2, 0) is 6.61 Å². The molecular formula is C14H11Cl2NO2. The Morgan fingerprint density at radius 2 is 1.95 bits per heavy atom. The third-order valence-corrected chi connectivity index (χ3v) is 3.01. The molecule has 3 nitrogen and oxygen atoms in total. The van der Waals surface area contributed by atoms with Crippen LogP contribution in [0.15, 0.2) is 41.4 Å². The van der Waals surface area contributed by atoms with Crippen LogP contribution in [-0.4, -0.2) is 16.4 Å². The van der Waals surface area contributed by atoms with E-state index in [0.717, 1.165) is 5.56 Å². The molecule has 2 rings (SSSR count). The number of aliphatic hydroxyl groups is 1. The summed E-state index contributed by atoms with van der Waals surface area (Å²) in [6, 6.07) is 10.2. The number of phenolic OH excluding ortho intramolecular Hbond substituents is 1. The molecule has 98 valence electrons. The van der Waals surface area contributed by atoms with Crippen molar-refractivity contribution in [3.8, 4) is 5.75 Å². The molecule has 0 aromatic heterocycles. The first-order valence-electron chi connectivity index (χ1n) is 5.52. The summed E-state index contributed by atoms with van der Waals surface area (Å²) >= 11 is 11.7. The number of aliphatic hydroxyl groups excluding tert-OH is 1. The van der Waals surface area contributed by atoms with Crippen LogP contribution in [0.4, 0.5) is 5.69 Å². The molecule has 0 saturated heterocycles. The van der Waals surface area contributed by atoms with Crippen molar-refractivity contribution in [1.82, 2.24) is 0 Å². The Bertz CT molecular complexity index is 627. The number of hydrogen-bond acceptors (Lipinski definition) is 3. The molecule has 0 aliphatic heterocycles. The SMILES string of the molecule is OCc1cccc(N=Cc2cc(Cl)cc(Cl)c2O)c1. The molecule has 2 N–H and O–H groups in total. The Morgan fingerprint density at radius 1 is 1.16 bits per heavy atom. The van der Waals surface area contributed by atoms with Crippen molar-refractivity contribution in [2.75, 3.05) is 0 Å². The number of benzene rings is 2. The lowest BCUT2D eigenvalue weighted by Gasteiger charge is -2.02. The average molecular weight is 296 g/mol. The van der Waals surface area contributed by atoms with Crippen LogP contribution in [0.3, 0.4) is 0 Å². The lowest BCUT2D eigenvalue weighted by molar-refractivity contribution is 0.282. The zero-order valence-corrected chi connectivity index (χ0v) is 11.4. The van der Waals surface area contributed by atoms with Crippen molar-refractivity contribution < 1.29 is 10.2 Å². The molecule has 0 aliphatic carbocycles. The first-order chi connectivity index (χ1) is 9.10. The Balaban J connectivity index is 2.32. The second kappa shape index (κ2) is 6.06. The standard InChI is InChI=1S/C14H11Cl2NO2/c15-11-5-10(14(19)13(16)6-11)7-17-12-3-1-2-9(4-12)8-18/h1-7,18-19H,8H2. The number of hydrogen-bond donors (Lipinski definition) is 2. The maximum atomic E-state index is 9.78. The lowest BCUT2D eigenvalue weighted by Crippen LogP contribution is -1.85. The van der Waals surface area contributed by atoms with E-state index in [0.29, 0.717) is 16.3 Å². The molecule has 0 spiro atoms. The van der Waals surface area contributed by atoms with Crippen LogP contribution in [0.5, 0.6) is 5.75 Å². The zero-order chi connectivity index (χ0) is 13.8. The van der Waals surface area contributed by atoms with Gasteiger partial charge in [0.1, 0.15) is 5.75 Å². The van der Waals surface area contributed by atoms with Crippen LogP contribution in [0, 0.1) is 0 Å². The Kier molecular flexibility index (Phi) is 4.43. The molecule has 0 saturated carbocycles. The van der Waals surface area contributed by atoms with Gasteiger partial charge in [-0.25, -0.2) is 0 Å². The number of rotatable bonds is 3. The van der Waals surface area contributed by atoms with E-state index in [-0.39, 0.29) is 17.4 Å². The van der Waals surface area contributed by atoms with Gasteiger partial charge in [0.25, 0.3) is 0 Å². The third kappa shape index (κ3) is 3.47. The number of nitrogens with zero attached hydrogens (tertiary/aromatic N) is 1. The fourth-order valence-corrected chi connectivity index (χ4v) is 2.07. The van der Waals surface area contributed by atoms with E-state index in [1.54, 1.807) is 30.3 Å². The van der Waals surface area contributed by atoms with Crippen LogP contribution < -0.4 is 0 Å². The average Bonchev–Trinajstić information content (AvgIpc) is 2.41. The maximum Gasteiger partial charge on any atom is 0.143 e. The van der Waals surface area contributed by atoms with E-state index in [4.69, 9.17) is 28.3 Å².